The Morgan fingerprint density at radius 3 is 2.07 bits per heavy atom. The lowest BCUT2D eigenvalue weighted by Crippen LogP contribution is -2.10. The van der Waals surface area contributed by atoms with Crippen LogP contribution in [0.5, 0.6) is 0 Å². The Morgan fingerprint density at radius 2 is 1.46 bits per heavy atom. The van der Waals surface area contributed by atoms with Gasteiger partial charge in [-0.1, -0.05) is 65.7 Å². The van der Waals surface area contributed by atoms with Crippen LogP contribution in [0, 0.1) is 0 Å². The number of carboxylic acids is 1. The molecule has 0 heterocycles. The van der Waals surface area contributed by atoms with Crippen molar-refractivity contribution in [3.05, 3.63) is 87.9 Å². The Bertz CT molecular complexity index is 1110. The second-order valence-electron chi connectivity index (χ2n) is 6.28. The molecule has 3 aromatic carbocycles. The van der Waals surface area contributed by atoms with Crippen molar-refractivity contribution in [2.24, 2.45) is 0 Å². The van der Waals surface area contributed by atoms with E-state index in [-0.39, 0.29) is 27.1 Å². The quantitative estimate of drug-likeness (QED) is 0.573. The topological polar surface area (TPSA) is 71.4 Å². The van der Waals surface area contributed by atoms with Crippen LogP contribution >= 0.6 is 23.2 Å². The van der Waals surface area contributed by atoms with E-state index in [1.807, 2.05) is 30.3 Å². The standard InChI is InChI=1S/C21H16Cl2O4S/c22-18-10-19(23)12-20(11-18)28(26,27)13-17-8-15(14-4-2-1-3-5-14)6-7-16(17)9-21(24)25/h1-8,10-12H,9,13H2,(H,24,25). The van der Waals surface area contributed by atoms with Gasteiger partial charge in [-0.25, -0.2) is 8.42 Å². The minimum Gasteiger partial charge on any atom is -0.481 e. The zero-order chi connectivity index (χ0) is 20.3. The third kappa shape index (κ3) is 4.93. The van der Waals surface area contributed by atoms with Gasteiger partial charge in [0, 0.05) is 10.0 Å². The summed E-state index contributed by atoms with van der Waals surface area (Å²) in [5.41, 5.74) is 2.60. The van der Waals surface area contributed by atoms with Crippen LogP contribution in [-0.2, 0) is 26.8 Å². The van der Waals surface area contributed by atoms with Gasteiger partial charge < -0.3 is 5.11 Å². The van der Waals surface area contributed by atoms with Crippen LogP contribution in [0.4, 0.5) is 0 Å². The second-order valence-corrected chi connectivity index (χ2v) is 9.15. The van der Waals surface area contributed by atoms with Crippen molar-refractivity contribution >= 4 is 39.0 Å². The van der Waals surface area contributed by atoms with Gasteiger partial charge >= 0.3 is 5.97 Å². The van der Waals surface area contributed by atoms with Crippen molar-refractivity contribution in [2.45, 2.75) is 17.1 Å². The SMILES string of the molecule is O=C(O)Cc1ccc(-c2ccccc2)cc1CS(=O)(=O)c1cc(Cl)cc(Cl)c1. The first-order valence-electron chi connectivity index (χ1n) is 8.32. The maximum absolute atomic E-state index is 12.9. The Balaban J connectivity index is 2.06. The summed E-state index contributed by atoms with van der Waals surface area (Å²) in [5.74, 6) is -1.38. The number of hydrogen-bond acceptors (Lipinski definition) is 3. The maximum atomic E-state index is 12.9. The molecule has 0 aliphatic rings. The predicted molar refractivity (Wildman–Crippen MR) is 111 cm³/mol. The molecule has 28 heavy (non-hydrogen) atoms. The van der Waals surface area contributed by atoms with Gasteiger partial charge in [0.05, 0.1) is 17.1 Å². The van der Waals surface area contributed by atoms with E-state index in [0.29, 0.717) is 11.1 Å². The molecule has 0 aromatic heterocycles. The van der Waals surface area contributed by atoms with E-state index in [9.17, 15) is 18.3 Å². The van der Waals surface area contributed by atoms with Gasteiger partial charge in [0.1, 0.15) is 0 Å². The lowest BCUT2D eigenvalue weighted by molar-refractivity contribution is -0.136. The molecule has 0 bridgehead atoms. The Kier molecular flexibility index (Phi) is 6.08. The van der Waals surface area contributed by atoms with E-state index in [2.05, 4.69) is 0 Å². The van der Waals surface area contributed by atoms with E-state index in [1.54, 1.807) is 18.2 Å². The van der Waals surface area contributed by atoms with Crippen molar-refractivity contribution in [2.75, 3.05) is 0 Å². The van der Waals surface area contributed by atoms with E-state index in [4.69, 9.17) is 23.2 Å². The molecule has 1 N–H and O–H groups in total. The molecule has 4 nitrogen and oxygen atoms in total. The molecule has 0 amide bonds. The molecular formula is C21H16Cl2O4S. The first-order chi connectivity index (χ1) is 13.2. The number of benzene rings is 3. The lowest BCUT2D eigenvalue weighted by Gasteiger charge is -2.12. The van der Waals surface area contributed by atoms with Gasteiger partial charge in [-0.05, 0) is 46.5 Å². The van der Waals surface area contributed by atoms with Gasteiger partial charge in [0.15, 0.2) is 9.84 Å². The monoisotopic (exact) mass is 434 g/mol. The molecule has 0 saturated heterocycles. The summed E-state index contributed by atoms with van der Waals surface area (Å²) < 4.78 is 25.9. The Hall–Kier alpha value is -2.34. The van der Waals surface area contributed by atoms with Crippen molar-refractivity contribution in [1.29, 1.82) is 0 Å². The molecule has 0 fully saturated rings. The average molecular weight is 435 g/mol. The van der Waals surface area contributed by atoms with E-state index >= 15 is 0 Å². The van der Waals surface area contributed by atoms with Crippen LogP contribution in [0.25, 0.3) is 11.1 Å². The molecule has 7 heteroatoms. The van der Waals surface area contributed by atoms with Crippen molar-refractivity contribution in [3.8, 4) is 11.1 Å². The molecule has 144 valence electrons. The first kappa shape index (κ1) is 20.4. The zero-order valence-corrected chi connectivity index (χ0v) is 16.9. The largest absolute Gasteiger partial charge is 0.481 e. The highest BCUT2D eigenvalue weighted by Crippen LogP contribution is 2.28. The molecule has 0 unspecified atom stereocenters. The van der Waals surface area contributed by atoms with E-state index < -0.39 is 15.8 Å². The van der Waals surface area contributed by atoms with Gasteiger partial charge in [0.2, 0.25) is 0 Å². The number of aliphatic carboxylic acids is 1. The zero-order valence-electron chi connectivity index (χ0n) is 14.6. The van der Waals surface area contributed by atoms with Crippen LogP contribution < -0.4 is 0 Å². The number of carboxylic acid groups (broad SMARTS) is 1. The molecule has 0 atom stereocenters. The Morgan fingerprint density at radius 1 is 0.821 bits per heavy atom. The summed E-state index contributed by atoms with van der Waals surface area (Å²) in [6.07, 6.45) is -0.268. The van der Waals surface area contributed by atoms with Crippen molar-refractivity contribution < 1.29 is 18.3 Å². The number of hydrogen-bond donors (Lipinski definition) is 1. The van der Waals surface area contributed by atoms with Gasteiger partial charge in [-0.3, -0.25) is 4.79 Å². The number of sulfone groups is 1. The summed E-state index contributed by atoms with van der Waals surface area (Å²) in [6.45, 7) is 0. The first-order valence-corrected chi connectivity index (χ1v) is 10.7. The predicted octanol–water partition coefficient (Wildman–Crippen LogP) is 5.26. The average Bonchev–Trinajstić information content (AvgIpc) is 2.62. The number of rotatable bonds is 6. The van der Waals surface area contributed by atoms with Gasteiger partial charge in [-0.2, -0.15) is 0 Å². The Labute approximate surface area is 173 Å². The molecule has 0 aliphatic carbocycles. The smallest absolute Gasteiger partial charge is 0.307 e. The summed E-state index contributed by atoms with van der Waals surface area (Å²) >= 11 is 11.9. The molecule has 3 rings (SSSR count). The van der Waals surface area contributed by atoms with Gasteiger partial charge in [-0.15, -0.1) is 0 Å². The van der Waals surface area contributed by atoms with Crippen molar-refractivity contribution in [3.63, 3.8) is 0 Å². The molecule has 0 radical (unpaired) electrons. The van der Waals surface area contributed by atoms with Crippen LogP contribution in [0.3, 0.4) is 0 Å². The fraction of sp³-hybridized carbons (Fsp3) is 0.0952. The fourth-order valence-electron chi connectivity index (χ4n) is 2.90. The number of halogens is 2. The maximum Gasteiger partial charge on any atom is 0.307 e. The highest BCUT2D eigenvalue weighted by molar-refractivity contribution is 7.90. The van der Waals surface area contributed by atoms with Crippen LogP contribution in [0.2, 0.25) is 10.0 Å². The normalized spacial score (nSPS) is 11.4. The summed E-state index contributed by atoms with van der Waals surface area (Å²) in [7, 11) is -3.78. The van der Waals surface area contributed by atoms with E-state index in [0.717, 1.165) is 11.1 Å². The van der Waals surface area contributed by atoms with Gasteiger partial charge in [0.25, 0.3) is 0 Å². The lowest BCUT2D eigenvalue weighted by atomic mass is 9.98. The molecule has 0 aliphatic heterocycles. The highest BCUT2D eigenvalue weighted by Gasteiger charge is 2.20. The van der Waals surface area contributed by atoms with Crippen LogP contribution in [-0.4, -0.2) is 19.5 Å². The summed E-state index contributed by atoms with van der Waals surface area (Å²) in [5, 5.41) is 9.62. The molecule has 0 saturated carbocycles. The van der Waals surface area contributed by atoms with E-state index in [1.165, 1.54) is 18.2 Å². The molecule has 3 aromatic rings. The highest BCUT2D eigenvalue weighted by atomic mass is 35.5. The van der Waals surface area contributed by atoms with Crippen molar-refractivity contribution in [1.82, 2.24) is 0 Å². The fourth-order valence-corrected chi connectivity index (χ4v) is 5.02. The minimum absolute atomic E-state index is 0.00334. The third-order valence-corrected chi connectivity index (χ3v) is 6.28. The molecular weight excluding hydrogens is 419 g/mol. The van der Waals surface area contributed by atoms with Crippen LogP contribution in [0.15, 0.2) is 71.6 Å². The third-order valence-electron chi connectivity index (χ3n) is 4.20. The summed E-state index contributed by atoms with van der Waals surface area (Å²) in [6, 6.07) is 18.7. The second kappa shape index (κ2) is 8.35. The molecule has 0 spiro atoms. The minimum atomic E-state index is -3.78. The van der Waals surface area contributed by atoms with Crippen LogP contribution in [0.1, 0.15) is 11.1 Å². The summed E-state index contributed by atoms with van der Waals surface area (Å²) in [4.78, 5) is 11.2. The number of carbonyl (C=O) groups is 1.